The number of halogens is 1. The van der Waals surface area contributed by atoms with Gasteiger partial charge in [-0.25, -0.2) is 4.98 Å². The van der Waals surface area contributed by atoms with Gasteiger partial charge in [0.2, 0.25) is 0 Å². The van der Waals surface area contributed by atoms with E-state index in [1.165, 1.54) is 6.20 Å². The van der Waals surface area contributed by atoms with Crippen molar-refractivity contribution in [1.82, 2.24) is 9.88 Å². The fourth-order valence-corrected chi connectivity index (χ4v) is 2.93. The number of aromatic nitrogens is 1. The Bertz CT molecular complexity index is 433. The second-order valence-corrected chi connectivity index (χ2v) is 5.69. The van der Waals surface area contributed by atoms with Gasteiger partial charge in [-0.15, -0.1) is 0 Å². The Morgan fingerprint density at radius 1 is 1.50 bits per heavy atom. The number of hydrogen-bond donors (Lipinski definition) is 1. The average Bonchev–Trinajstić information content (AvgIpc) is 2.67. The molecular weight excluding hydrogens is 270 g/mol. The van der Waals surface area contributed by atoms with Crippen LogP contribution in [0.25, 0.3) is 0 Å². The zero-order valence-corrected chi connectivity index (χ0v) is 11.9. The number of amides is 1. The third-order valence-electron chi connectivity index (χ3n) is 2.85. The summed E-state index contributed by atoms with van der Waals surface area (Å²) in [6.07, 6.45) is 2.56. The largest absolute Gasteiger partial charge is 0.373 e. The van der Waals surface area contributed by atoms with E-state index in [0.717, 1.165) is 31.0 Å². The molecule has 0 aromatic carbocycles. The smallest absolute Gasteiger partial charge is 0.255 e. The van der Waals surface area contributed by atoms with Crippen LogP contribution in [0.1, 0.15) is 16.8 Å². The number of rotatable bonds is 2. The molecule has 0 spiro atoms. The van der Waals surface area contributed by atoms with Crippen LogP contribution in [-0.2, 0) is 0 Å². The number of anilines is 1. The maximum atomic E-state index is 12.4. The second kappa shape index (κ2) is 6.29. The molecule has 0 unspecified atom stereocenters. The van der Waals surface area contributed by atoms with Crippen molar-refractivity contribution in [2.24, 2.45) is 0 Å². The SMILES string of the molecule is CNc1cc(C(=O)N2CCCSCC2)c(Cl)cn1. The molecule has 2 heterocycles. The molecule has 1 aromatic rings. The predicted octanol–water partition coefficient (Wildman–Crippen LogP) is 2.36. The molecule has 2 rings (SSSR count). The first kappa shape index (κ1) is 13.5. The van der Waals surface area contributed by atoms with Gasteiger partial charge in [-0.05, 0) is 18.2 Å². The fourth-order valence-electron chi connectivity index (χ4n) is 1.86. The number of carbonyl (C=O) groups excluding carboxylic acids is 1. The Morgan fingerprint density at radius 2 is 2.33 bits per heavy atom. The van der Waals surface area contributed by atoms with Gasteiger partial charge >= 0.3 is 0 Å². The van der Waals surface area contributed by atoms with Gasteiger partial charge in [-0.2, -0.15) is 11.8 Å². The first-order valence-corrected chi connectivity index (χ1v) is 7.46. The summed E-state index contributed by atoms with van der Waals surface area (Å²) in [5, 5.41) is 3.33. The van der Waals surface area contributed by atoms with Crippen LogP contribution in [0.2, 0.25) is 5.02 Å². The third-order valence-corrected chi connectivity index (χ3v) is 4.20. The molecule has 4 nitrogen and oxygen atoms in total. The van der Waals surface area contributed by atoms with Crippen molar-refractivity contribution in [3.05, 3.63) is 22.8 Å². The van der Waals surface area contributed by atoms with Crippen molar-refractivity contribution < 1.29 is 4.79 Å². The lowest BCUT2D eigenvalue weighted by Crippen LogP contribution is -2.33. The van der Waals surface area contributed by atoms with Gasteiger partial charge in [0.25, 0.3) is 5.91 Å². The molecule has 1 saturated heterocycles. The molecule has 0 atom stereocenters. The minimum Gasteiger partial charge on any atom is -0.373 e. The molecule has 1 aliphatic rings. The number of carbonyl (C=O) groups is 1. The second-order valence-electron chi connectivity index (χ2n) is 4.06. The Morgan fingerprint density at radius 3 is 3.11 bits per heavy atom. The highest BCUT2D eigenvalue weighted by atomic mass is 35.5. The zero-order chi connectivity index (χ0) is 13.0. The van der Waals surface area contributed by atoms with E-state index in [1.807, 2.05) is 16.7 Å². The lowest BCUT2D eigenvalue weighted by atomic mass is 10.2. The molecule has 1 aromatic heterocycles. The molecule has 1 fully saturated rings. The van der Waals surface area contributed by atoms with E-state index in [0.29, 0.717) is 16.4 Å². The lowest BCUT2D eigenvalue weighted by molar-refractivity contribution is 0.0768. The molecule has 1 aliphatic heterocycles. The lowest BCUT2D eigenvalue weighted by Gasteiger charge is -2.20. The number of pyridine rings is 1. The summed E-state index contributed by atoms with van der Waals surface area (Å²) >= 11 is 7.96. The highest BCUT2D eigenvalue weighted by Gasteiger charge is 2.20. The number of nitrogens with zero attached hydrogens (tertiary/aromatic N) is 2. The maximum absolute atomic E-state index is 12.4. The summed E-state index contributed by atoms with van der Waals surface area (Å²) in [4.78, 5) is 18.4. The van der Waals surface area contributed by atoms with E-state index in [2.05, 4.69) is 10.3 Å². The third kappa shape index (κ3) is 3.09. The van der Waals surface area contributed by atoms with E-state index in [-0.39, 0.29) is 5.91 Å². The summed E-state index contributed by atoms with van der Waals surface area (Å²) < 4.78 is 0. The molecule has 1 N–H and O–H groups in total. The molecule has 0 saturated carbocycles. The van der Waals surface area contributed by atoms with Gasteiger partial charge in [0.15, 0.2) is 0 Å². The van der Waals surface area contributed by atoms with Crippen LogP contribution in [0.15, 0.2) is 12.3 Å². The Hall–Kier alpha value is -0.940. The molecule has 0 aliphatic carbocycles. The monoisotopic (exact) mass is 285 g/mol. The Labute approximate surface area is 116 Å². The average molecular weight is 286 g/mol. The summed E-state index contributed by atoms with van der Waals surface area (Å²) in [6.45, 7) is 1.59. The number of thioether (sulfide) groups is 1. The summed E-state index contributed by atoms with van der Waals surface area (Å²) in [5.41, 5.74) is 0.530. The van der Waals surface area contributed by atoms with E-state index in [4.69, 9.17) is 11.6 Å². The first-order chi connectivity index (χ1) is 8.72. The van der Waals surface area contributed by atoms with Crippen molar-refractivity contribution in [3.8, 4) is 0 Å². The Balaban J connectivity index is 2.21. The van der Waals surface area contributed by atoms with Crippen LogP contribution in [0.5, 0.6) is 0 Å². The molecule has 98 valence electrons. The minimum atomic E-state index is 0.00130. The van der Waals surface area contributed by atoms with E-state index in [9.17, 15) is 4.79 Å². The summed E-state index contributed by atoms with van der Waals surface area (Å²) in [7, 11) is 1.77. The van der Waals surface area contributed by atoms with Crippen molar-refractivity contribution in [2.75, 3.05) is 37.0 Å². The predicted molar refractivity (Wildman–Crippen MR) is 76.6 cm³/mol. The van der Waals surface area contributed by atoms with E-state index < -0.39 is 0 Å². The van der Waals surface area contributed by atoms with Gasteiger partial charge in [-0.1, -0.05) is 11.6 Å². The molecule has 0 bridgehead atoms. The highest BCUT2D eigenvalue weighted by molar-refractivity contribution is 7.99. The van der Waals surface area contributed by atoms with Crippen molar-refractivity contribution in [3.63, 3.8) is 0 Å². The fraction of sp³-hybridized carbons (Fsp3) is 0.500. The van der Waals surface area contributed by atoms with E-state index >= 15 is 0 Å². The van der Waals surface area contributed by atoms with Crippen LogP contribution < -0.4 is 5.32 Å². The highest BCUT2D eigenvalue weighted by Crippen LogP contribution is 2.21. The Kier molecular flexibility index (Phi) is 4.72. The van der Waals surface area contributed by atoms with Crippen LogP contribution in [0, 0.1) is 0 Å². The van der Waals surface area contributed by atoms with Gasteiger partial charge in [-0.3, -0.25) is 4.79 Å². The first-order valence-electron chi connectivity index (χ1n) is 5.92. The number of nitrogens with one attached hydrogen (secondary N) is 1. The summed E-state index contributed by atoms with van der Waals surface area (Å²) in [5.74, 6) is 2.77. The van der Waals surface area contributed by atoms with Crippen molar-refractivity contribution in [2.45, 2.75) is 6.42 Å². The topological polar surface area (TPSA) is 45.2 Å². The maximum Gasteiger partial charge on any atom is 0.255 e. The van der Waals surface area contributed by atoms with Crippen LogP contribution in [0.3, 0.4) is 0 Å². The van der Waals surface area contributed by atoms with Gasteiger partial charge in [0, 0.05) is 32.1 Å². The molecular formula is C12H16ClN3OS. The van der Waals surface area contributed by atoms with Crippen LogP contribution >= 0.6 is 23.4 Å². The van der Waals surface area contributed by atoms with Gasteiger partial charge in [0.1, 0.15) is 5.82 Å². The standard InChI is InChI=1S/C12H16ClN3OS/c1-14-11-7-9(10(13)8-15-11)12(17)16-3-2-5-18-6-4-16/h7-8H,2-6H2,1H3,(H,14,15). The summed E-state index contributed by atoms with van der Waals surface area (Å²) in [6, 6.07) is 1.71. The van der Waals surface area contributed by atoms with Crippen molar-refractivity contribution in [1.29, 1.82) is 0 Å². The normalized spacial score (nSPS) is 16.2. The van der Waals surface area contributed by atoms with E-state index in [1.54, 1.807) is 13.1 Å². The zero-order valence-electron chi connectivity index (χ0n) is 10.3. The van der Waals surface area contributed by atoms with Crippen LogP contribution in [-0.4, -0.2) is 47.4 Å². The molecule has 0 radical (unpaired) electrons. The minimum absolute atomic E-state index is 0.00130. The van der Waals surface area contributed by atoms with Crippen molar-refractivity contribution >= 4 is 35.1 Å². The number of hydrogen-bond acceptors (Lipinski definition) is 4. The van der Waals surface area contributed by atoms with Gasteiger partial charge in [0.05, 0.1) is 10.6 Å². The van der Waals surface area contributed by atoms with Gasteiger partial charge < -0.3 is 10.2 Å². The van der Waals surface area contributed by atoms with Crippen LogP contribution in [0.4, 0.5) is 5.82 Å². The molecule has 6 heteroatoms. The molecule has 18 heavy (non-hydrogen) atoms. The molecule has 1 amide bonds. The quantitative estimate of drug-likeness (QED) is 0.906.